The lowest BCUT2D eigenvalue weighted by molar-refractivity contribution is -0.132. The predicted molar refractivity (Wildman–Crippen MR) is 80.3 cm³/mol. The molecule has 1 aromatic rings. The van der Waals surface area contributed by atoms with E-state index in [0.717, 1.165) is 22.3 Å². The largest absolute Gasteiger partial charge is 0.486 e. The number of benzene rings is 1. The first-order valence-electron chi connectivity index (χ1n) is 6.78. The van der Waals surface area contributed by atoms with E-state index in [2.05, 4.69) is 0 Å². The zero-order valence-electron chi connectivity index (χ0n) is 13.1. The first-order valence-corrected chi connectivity index (χ1v) is 7.16. The molecule has 21 heavy (non-hydrogen) atoms. The molecule has 0 bridgehead atoms. The fraction of sp³-hybridized carbons (Fsp3) is 0.500. The van der Waals surface area contributed by atoms with Gasteiger partial charge in [0, 0.05) is 12.5 Å². The summed E-state index contributed by atoms with van der Waals surface area (Å²) in [6.45, 7) is 10.6. The van der Waals surface area contributed by atoms with Crippen molar-refractivity contribution in [1.82, 2.24) is 0 Å². The third-order valence-corrected chi connectivity index (χ3v) is 4.27. The van der Waals surface area contributed by atoms with Crippen molar-refractivity contribution in [3.05, 3.63) is 22.3 Å². The fourth-order valence-electron chi connectivity index (χ4n) is 2.95. The van der Waals surface area contributed by atoms with Crippen LogP contribution in [0.1, 0.15) is 48.9 Å². The van der Waals surface area contributed by atoms with Crippen molar-refractivity contribution in [2.24, 2.45) is 0 Å². The number of ether oxygens (including phenoxy) is 2. The minimum Gasteiger partial charge on any atom is -0.486 e. The minimum absolute atomic E-state index is 0.396. The first kappa shape index (κ1) is 15.8. The molecule has 1 atom stereocenters. The van der Waals surface area contributed by atoms with Gasteiger partial charge in [0.15, 0.2) is 0 Å². The van der Waals surface area contributed by atoms with Gasteiger partial charge in [0.05, 0.1) is 0 Å². The number of hydrogen-bond acceptors (Lipinski definition) is 4. The summed E-state index contributed by atoms with van der Waals surface area (Å²) >= 11 is 5.79. The van der Waals surface area contributed by atoms with Crippen LogP contribution < -0.4 is 9.47 Å². The lowest BCUT2D eigenvalue weighted by Crippen LogP contribution is -2.33. The maximum absolute atomic E-state index is 11.9. The van der Waals surface area contributed by atoms with E-state index in [1.807, 2.05) is 34.6 Å². The highest BCUT2D eigenvalue weighted by molar-refractivity contribution is 6.65. The zero-order chi connectivity index (χ0) is 16.1. The summed E-state index contributed by atoms with van der Waals surface area (Å²) < 4.78 is 11.3. The molecule has 0 amide bonds. The van der Waals surface area contributed by atoms with Crippen LogP contribution in [0.2, 0.25) is 0 Å². The Kier molecular flexibility index (Phi) is 3.79. The highest BCUT2D eigenvalue weighted by Gasteiger charge is 2.47. The number of carbonyl (C=O) groups is 2. The standard InChI is InChI=1S/C16H19ClO4/c1-7-8(2)14-11(9(3)13(7)20-10(4)18)12(15(17)19)16(5,6)21-14/h12H,1-6H3. The molecule has 5 heteroatoms. The van der Waals surface area contributed by atoms with Gasteiger partial charge < -0.3 is 9.47 Å². The number of halogens is 1. The molecule has 4 nitrogen and oxygen atoms in total. The quantitative estimate of drug-likeness (QED) is 0.476. The van der Waals surface area contributed by atoms with Crippen molar-refractivity contribution >= 4 is 22.8 Å². The van der Waals surface area contributed by atoms with Gasteiger partial charge in [0.25, 0.3) is 0 Å². The van der Waals surface area contributed by atoms with E-state index in [-0.39, 0.29) is 0 Å². The van der Waals surface area contributed by atoms with E-state index in [1.54, 1.807) is 0 Å². The van der Waals surface area contributed by atoms with Gasteiger partial charge in [-0.3, -0.25) is 9.59 Å². The topological polar surface area (TPSA) is 52.6 Å². The molecule has 1 aliphatic heterocycles. The number of carbonyl (C=O) groups excluding carboxylic acids is 2. The van der Waals surface area contributed by atoms with Crippen LogP contribution in [0.3, 0.4) is 0 Å². The molecular formula is C16H19ClO4. The smallest absolute Gasteiger partial charge is 0.308 e. The van der Waals surface area contributed by atoms with Crippen molar-refractivity contribution < 1.29 is 19.1 Å². The van der Waals surface area contributed by atoms with Crippen molar-refractivity contribution in [1.29, 1.82) is 0 Å². The number of fused-ring (bicyclic) bond motifs is 1. The molecule has 2 rings (SSSR count). The van der Waals surface area contributed by atoms with Gasteiger partial charge in [-0.15, -0.1) is 0 Å². The molecule has 0 fully saturated rings. The number of hydrogen-bond donors (Lipinski definition) is 0. The summed E-state index contributed by atoms with van der Waals surface area (Å²) in [7, 11) is 0. The van der Waals surface area contributed by atoms with Crippen LogP contribution in [0.5, 0.6) is 11.5 Å². The van der Waals surface area contributed by atoms with Crippen LogP contribution >= 0.6 is 11.6 Å². The van der Waals surface area contributed by atoms with Gasteiger partial charge in [-0.25, -0.2) is 0 Å². The number of esters is 1. The predicted octanol–water partition coefficient (Wildman–Crippen LogP) is 3.56. The van der Waals surface area contributed by atoms with E-state index < -0.39 is 22.7 Å². The molecule has 114 valence electrons. The van der Waals surface area contributed by atoms with Crippen LogP contribution in [0.25, 0.3) is 0 Å². The van der Waals surface area contributed by atoms with Gasteiger partial charge >= 0.3 is 5.97 Å². The Morgan fingerprint density at radius 3 is 2.19 bits per heavy atom. The van der Waals surface area contributed by atoms with E-state index in [4.69, 9.17) is 21.1 Å². The molecule has 0 aliphatic carbocycles. The Hall–Kier alpha value is -1.55. The van der Waals surface area contributed by atoms with Crippen molar-refractivity contribution in [2.45, 2.75) is 53.1 Å². The Labute approximate surface area is 129 Å². The molecule has 1 aromatic carbocycles. The summed E-state index contributed by atoms with van der Waals surface area (Å²) in [5.41, 5.74) is 2.42. The van der Waals surface area contributed by atoms with Crippen molar-refractivity contribution in [2.75, 3.05) is 0 Å². The Morgan fingerprint density at radius 2 is 1.71 bits per heavy atom. The average molecular weight is 311 g/mol. The molecule has 0 N–H and O–H groups in total. The molecule has 0 saturated heterocycles. The SMILES string of the molecule is CC(=O)Oc1c(C)c(C)c2c(c1C)C(C(=O)Cl)C(C)(C)O2. The van der Waals surface area contributed by atoms with Gasteiger partial charge in [-0.1, -0.05) is 0 Å². The van der Waals surface area contributed by atoms with Crippen molar-refractivity contribution in [3.63, 3.8) is 0 Å². The monoisotopic (exact) mass is 310 g/mol. The minimum atomic E-state index is -0.724. The summed E-state index contributed by atoms with van der Waals surface area (Å²) in [6.07, 6.45) is 0. The molecule has 0 spiro atoms. The van der Waals surface area contributed by atoms with Gasteiger partial charge in [-0.2, -0.15) is 0 Å². The van der Waals surface area contributed by atoms with E-state index in [1.165, 1.54) is 6.92 Å². The second-order valence-corrected chi connectivity index (χ2v) is 6.36. The summed E-state index contributed by atoms with van der Waals surface area (Å²) in [4.78, 5) is 23.2. The average Bonchev–Trinajstić information content (AvgIpc) is 2.63. The van der Waals surface area contributed by atoms with Crippen LogP contribution in [0, 0.1) is 20.8 Å². The van der Waals surface area contributed by atoms with Gasteiger partial charge in [-0.05, 0) is 62.9 Å². The molecule has 1 aliphatic rings. The Balaban J connectivity index is 2.77. The molecular weight excluding hydrogens is 292 g/mol. The second kappa shape index (κ2) is 5.02. The van der Waals surface area contributed by atoms with Gasteiger partial charge in [0.2, 0.25) is 5.24 Å². The third kappa shape index (κ3) is 2.42. The highest BCUT2D eigenvalue weighted by atomic mass is 35.5. The van der Waals surface area contributed by atoms with Crippen LogP contribution in [-0.2, 0) is 9.59 Å². The molecule has 0 radical (unpaired) electrons. The fourth-order valence-corrected chi connectivity index (χ4v) is 3.32. The highest BCUT2D eigenvalue weighted by Crippen LogP contribution is 2.52. The van der Waals surface area contributed by atoms with E-state index >= 15 is 0 Å². The molecule has 1 heterocycles. The maximum Gasteiger partial charge on any atom is 0.308 e. The molecule has 0 saturated carbocycles. The first-order chi connectivity index (χ1) is 9.58. The number of rotatable bonds is 2. The third-order valence-electron chi connectivity index (χ3n) is 4.05. The molecule has 0 aromatic heterocycles. The van der Waals surface area contributed by atoms with E-state index in [9.17, 15) is 9.59 Å². The van der Waals surface area contributed by atoms with E-state index in [0.29, 0.717) is 11.5 Å². The Bertz CT molecular complexity index is 646. The zero-order valence-corrected chi connectivity index (χ0v) is 13.8. The maximum atomic E-state index is 11.9. The van der Waals surface area contributed by atoms with Crippen LogP contribution in [-0.4, -0.2) is 16.8 Å². The summed E-state index contributed by atoms with van der Waals surface area (Å²) in [5.74, 6) is 0.183. The lowest BCUT2D eigenvalue weighted by Gasteiger charge is -2.23. The van der Waals surface area contributed by atoms with Crippen LogP contribution in [0.4, 0.5) is 0 Å². The normalized spacial score (nSPS) is 18.9. The molecule has 1 unspecified atom stereocenters. The van der Waals surface area contributed by atoms with Crippen LogP contribution in [0.15, 0.2) is 0 Å². The van der Waals surface area contributed by atoms with Gasteiger partial charge in [0.1, 0.15) is 23.0 Å². The summed E-state index contributed by atoms with van der Waals surface area (Å²) in [5, 5.41) is -0.473. The summed E-state index contributed by atoms with van der Waals surface area (Å²) in [6, 6.07) is 0. The lowest BCUT2D eigenvalue weighted by atomic mass is 9.84. The second-order valence-electron chi connectivity index (χ2n) is 5.98. The van der Waals surface area contributed by atoms with Crippen molar-refractivity contribution in [3.8, 4) is 11.5 Å². The Morgan fingerprint density at radius 1 is 1.14 bits per heavy atom.